The van der Waals surface area contributed by atoms with Crippen molar-refractivity contribution in [1.29, 1.82) is 0 Å². The van der Waals surface area contributed by atoms with Crippen molar-refractivity contribution in [3.05, 3.63) is 34.9 Å². The first-order valence-corrected chi connectivity index (χ1v) is 8.18. The van der Waals surface area contributed by atoms with E-state index < -0.39 is 0 Å². The molecular weight excluding hydrogens is 276 g/mol. The quantitative estimate of drug-likeness (QED) is 0.858. The third-order valence-electron chi connectivity index (χ3n) is 4.70. The molecule has 0 radical (unpaired) electrons. The summed E-state index contributed by atoms with van der Waals surface area (Å²) in [6.07, 6.45) is 6.44. The molecule has 116 valence electrons. The smallest absolute Gasteiger partial charge is 0.146 e. The molecular formula is C16H22N6. The Morgan fingerprint density at radius 2 is 2.14 bits per heavy atom. The first-order valence-electron chi connectivity index (χ1n) is 8.18. The van der Waals surface area contributed by atoms with Crippen molar-refractivity contribution < 1.29 is 0 Å². The summed E-state index contributed by atoms with van der Waals surface area (Å²) in [5, 5.41) is 8.77. The van der Waals surface area contributed by atoms with Gasteiger partial charge in [-0.15, -0.1) is 10.2 Å². The van der Waals surface area contributed by atoms with Crippen LogP contribution in [0.5, 0.6) is 0 Å². The normalized spacial score (nSPS) is 18.5. The van der Waals surface area contributed by atoms with Crippen molar-refractivity contribution in [2.75, 3.05) is 6.54 Å². The van der Waals surface area contributed by atoms with Crippen LogP contribution in [0.15, 0.2) is 6.20 Å². The van der Waals surface area contributed by atoms with Gasteiger partial charge in [0.15, 0.2) is 0 Å². The third kappa shape index (κ3) is 2.52. The van der Waals surface area contributed by atoms with Gasteiger partial charge in [0, 0.05) is 38.7 Å². The zero-order chi connectivity index (χ0) is 15.1. The van der Waals surface area contributed by atoms with E-state index in [2.05, 4.69) is 38.6 Å². The largest absolute Gasteiger partial charge is 0.317 e. The molecule has 2 aliphatic rings. The summed E-state index contributed by atoms with van der Waals surface area (Å²) < 4.78 is 2.19. The average Bonchev–Trinajstić information content (AvgIpc) is 3.32. The summed E-state index contributed by atoms with van der Waals surface area (Å²) in [5.74, 6) is 3.81. The van der Waals surface area contributed by atoms with E-state index in [1.54, 1.807) is 0 Å². The highest BCUT2D eigenvalue weighted by molar-refractivity contribution is 5.21. The number of fused-ring (bicyclic) bond motifs is 1. The molecule has 6 nitrogen and oxygen atoms in total. The number of hydrogen-bond donors (Lipinski definition) is 0. The van der Waals surface area contributed by atoms with E-state index in [4.69, 9.17) is 4.98 Å². The average molecular weight is 298 g/mol. The Hall–Kier alpha value is -1.82. The lowest BCUT2D eigenvalue weighted by atomic mass is 10.1. The Balaban J connectivity index is 1.50. The van der Waals surface area contributed by atoms with Gasteiger partial charge in [0.1, 0.15) is 17.5 Å². The van der Waals surface area contributed by atoms with E-state index >= 15 is 0 Å². The lowest BCUT2D eigenvalue weighted by Gasteiger charge is -2.27. The SMILES string of the molecule is CCc1ncc2c(n1)CN(Cc1nnc(C3CC3)n1C)CC2. The first kappa shape index (κ1) is 13.8. The van der Waals surface area contributed by atoms with E-state index in [1.165, 1.54) is 24.1 Å². The Labute approximate surface area is 130 Å². The van der Waals surface area contributed by atoms with Crippen LogP contribution in [-0.4, -0.2) is 36.2 Å². The highest BCUT2D eigenvalue weighted by Gasteiger charge is 2.29. The van der Waals surface area contributed by atoms with Crippen molar-refractivity contribution in [2.24, 2.45) is 7.05 Å². The number of aryl methyl sites for hydroxylation is 1. The Kier molecular flexibility index (Phi) is 3.41. The van der Waals surface area contributed by atoms with Gasteiger partial charge in [0.25, 0.3) is 0 Å². The van der Waals surface area contributed by atoms with Crippen molar-refractivity contribution in [1.82, 2.24) is 29.6 Å². The Morgan fingerprint density at radius 3 is 2.91 bits per heavy atom. The van der Waals surface area contributed by atoms with Gasteiger partial charge in [0.2, 0.25) is 0 Å². The van der Waals surface area contributed by atoms with Crippen LogP contribution in [0.2, 0.25) is 0 Å². The van der Waals surface area contributed by atoms with Crippen LogP contribution < -0.4 is 0 Å². The van der Waals surface area contributed by atoms with Crippen molar-refractivity contribution >= 4 is 0 Å². The molecule has 2 aromatic rings. The van der Waals surface area contributed by atoms with Crippen LogP contribution in [-0.2, 0) is 33.0 Å². The van der Waals surface area contributed by atoms with Gasteiger partial charge in [-0.25, -0.2) is 9.97 Å². The second-order valence-corrected chi connectivity index (χ2v) is 6.38. The van der Waals surface area contributed by atoms with E-state index in [1.807, 2.05) is 6.20 Å². The van der Waals surface area contributed by atoms with Gasteiger partial charge in [-0.05, 0) is 24.8 Å². The van der Waals surface area contributed by atoms with Crippen molar-refractivity contribution in [2.45, 2.75) is 51.6 Å². The summed E-state index contributed by atoms with van der Waals surface area (Å²) in [6.45, 7) is 4.87. The van der Waals surface area contributed by atoms with Gasteiger partial charge in [0.05, 0.1) is 12.2 Å². The standard InChI is InChI=1S/C16H22N6/c1-3-14-17-8-12-6-7-22(9-13(12)18-14)10-15-19-20-16(21(15)2)11-4-5-11/h8,11H,3-7,9-10H2,1-2H3. The van der Waals surface area contributed by atoms with Gasteiger partial charge >= 0.3 is 0 Å². The topological polar surface area (TPSA) is 59.7 Å². The minimum Gasteiger partial charge on any atom is -0.317 e. The molecule has 3 heterocycles. The molecule has 6 heteroatoms. The molecule has 0 atom stereocenters. The van der Waals surface area contributed by atoms with Crippen LogP contribution in [0.3, 0.4) is 0 Å². The molecule has 1 aliphatic carbocycles. The van der Waals surface area contributed by atoms with Crippen molar-refractivity contribution in [3.63, 3.8) is 0 Å². The second kappa shape index (κ2) is 5.43. The zero-order valence-corrected chi connectivity index (χ0v) is 13.3. The maximum absolute atomic E-state index is 4.69. The van der Waals surface area contributed by atoms with Crippen LogP contribution in [0.1, 0.15) is 54.4 Å². The highest BCUT2D eigenvalue weighted by atomic mass is 15.3. The van der Waals surface area contributed by atoms with Crippen LogP contribution >= 0.6 is 0 Å². The van der Waals surface area contributed by atoms with Gasteiger partial charge in [-0.1, -0.05) is 6.92 Å². The molecule has 1 saturated carbocycles. The summed E-state index contributed by atoms with van der Waals surface area (Å²) in [4.78, 5) is 11.5. The number of nitrogens with zero attached hydrogens (tertiary/aromatic N) is 6. The molecule has 0 unspecified atom stereocenters. The monoisotopic (exact) mass is 298 g/mol. The number of rotatable bonds is 4. The second-order valence-electron chi connectivity index (χ2n) is 6.38. The van der Waals surface area contributed by atoms with E-state index in [0.717, 1.165) is 49.9 Å². The predicted octanol–water partition coefficient (Wildman–Crippen LogP) is 1.60. The number of hydrogen-bond acceptors (Lipinski definition) is 5. The third-order valence-corrected chi connectivity index (χ3v) is 4.70. The molecule has 1 aliphatic heterocycles. The maximum Gasteiger partial charge on any atom is 0.146 e. The fourth-order valence-corrected chi connectivity index (χ4v) is 3.11. The Morgan fingerprint density at radius 1 is 1.27 bits per heavy atom. The predicted molar refractivity (Wildman–Crippen MR) is 82.2 cm³/mol. The fourth-order valence-electron chi connectivity index (χ4n) is 3.11. The lowest BCUT2D eigenvalue weighted by Crippen LogP contribution is -2.32. The first-order chi connectivity index (χ1) is 10.7. The summed E-state index contributed by atoms with van der Waals surface area (Å²) in [5.41, 5.74) is 2.48. The molecule has 2 aromatic heterocycles. The Bertz CT molecular complexity index is 688. The maximum atomic E-state index is 4.69. The zero-order valence-electron chi connectivity index (χ0n) is 13.3. The van der Waals surface area contributed by atoms with Gasteiger partial charge < -0.3 is 4.57 Å². The van der Waals surface area contributed by atoms with E-state index in [0.29, 0.717) is 5.92 Å². The van der Waals surface area contributed by atoms with Crippen LogP contribution in [0.4, 0.5) is 0 Å². The van der Waals surface area contributed by atoms with E-state index in [-0.39, 0.29) is 0 Å². The summed E-state index contributed by atoms with van der Waals surface area (Å²) in [6, 6.07) is 0. The van der Waals surface area contributed by atoms with Gasteiger partial charge in [-0.2, -0.15) is 0 Å². The minimum atomic E-state index is 0.646. The molecule has 0 saturated heterocycles. The van der Waals surface area contributed by atoms with Gasteiger partial charge in [-0.3, -0.25) is 4.90 Å². The molecule has 22 heavy (non-hydrogen) atoms. The summed E-state index contributed by atoms with van der Waals surface area (Å²) >= 11 is 0. The van der Waals surface area contributed by atoms with Crippen molar-refractivity contribution in [3.8, 4) is 0 Å². The lowest BCUT2D eigenvalue weighted by molar-refractivity contribution is 0.232. The fraction of sp³-hybridized carbons (Fsp3) is 0.625. The van der Waals surface area contributed by atoms with Crippen LogP contribution in [0, 0.1) is 0 Å². The summed E-state index contributed by atoms with van der Waals surface area (Å²) in [7, 11) is 2.10. The molecule has 1 fully saturated rings. The molecule has 0 bridgehead atoms. The molecule has 0 spiro atoms. The molecule has 0 aromatic carbocycles. The molecule has 0 amide bonds. The molecule has 0 N–H and O–H groups in total. The highest BCUT2D eigenvalue weighted by Crippen LogP contribution is 2.38. The van der Waals surface area contributed by atoms with Crippen LogP contribution in [0.25, 0.3) is 0 Å². The van der Waals surface area contributed by atoms with E-state index in [9.17, 15) is 0 Å². The minimum absolute atomic E-state index is 0.646. The molecule has 4 rings (SSSR count). The number of aromatic nitrogens is 5.